The van der Waals surface area contributed by atoms with Crippen molar-refractivity contribution in [2.75, 3.05) is 6.61 Å². The summed E-state index contributed by atoms with van der Waals surface area (Å²) in [6, 6.07) is 0. The molecule has 0 saturated heterocycles. The van der Waals surface area contributed by atoms with Crippen LogP contribution in [0.4, 0.5) is 0 Å². The summed E-state index contributed by atoms with van der Waals surface area (Å²) in [6.07, 6.45) is 0. The molecule has 0 spiro atoms. The van der Waals surface area contributed by atoms with E-state index in [0.717, 1.165) is 0 Å². The van der Waals surface area contributed by atoms with Crippen molar-refractivity contribution in [3.63, 3.8) is 0 Å². The number of nitrogens with zero attached hydrogens (tertiary/aromatic N) is 3. The number of hydrogen-bond donors (Lipinski definition) is 0. The normalized spacial score (nSPS) is 11.3. The second kappa shape index (κ2) is 4.55. The molecular weight excluding hydrogens is 206 g/mol. The van der Waals surface area contributed by atoms with Gasteiger partial charge in [0.1, 0.15) is 0 Å². The van der Waals surface area contributed by atoms with Crippen molar-refractivity contribution in [1.29, 1.82) is 0 Å². The molecule has 1 aromatic rings. The van der Waals surface area contributed by atoms with Crippen LogP contribution in [-0.4, -0.2) is 27.8 Å². The van der Waals surface area contributed by atoms with Crippen LogP contribution >= 0.6 is 0 Å². The molecule has 0 aromatic carbocycles. The third-order valence-corrected chi connectivity index (χ3v) is 2.00. The van der Waals surface area contributed by atoms with Crippen LogP contribution in [0.15, 0.2) is 0 Å². The van der Waals surface area contributed by atoms with Gasteiger partial charge in [-0.05, 0) is 13.8 Å². The molecule has 0 N–H and O–H groups in total. The second-order valence-corrected chi connectivity index (χ2v) is 4.54. The Balaban J connectivity index is 3.05. The van der Waals surface area contributed by atoms with Crippen LogP contribution in [0.3, 0.4) is 0 Å². The first-order valence-corrected chi connectivity index (χ1v) is 5.25. The van der Waals surface area contributed by atoms with Crippen LogP contribution in [0.5, 0.6) is 0 Å². The lowest BCUT2D eigenvalue weighted by atomic mass is 9.96. The molecule has 0 aliphatic heterocycles. The lowest BCUT2D eigenvalue weighted by molar-refractivity contribution is 0.0516. The van der Waals surface area contributed by atoms with Gasteiger partial charge in [0, 0.05) is 5.41 Å². The van der Waals surface area contributed by atoms with Gasteiger partial charge < -0.3 is 4.74 Å². The monoisotopic (exact) mass is 223 g/mol. The molecule has 88 valence electrons. The number of aryl methyl sites for hydroxylation is 1. The van der Waals surface area contributed by atoms with E-state index in [9.17, 15) is 4.79 Å². The maximum absolute atomic E-state index is 11.5. The van der Waals surface area contributed by atoms with Crippen molar-refractivity contribution < 1.29 is 9.53 Å². The molecule has 16 heavy (non-hydrogen) atoms. The zero-order chi connectivity index (χ0) is 12.3. The summed E-state index contributed by atoms with van der Waals surface area (Å²) in [4.78, 5) is 15.7. The number of carbonyl (C=O) groups is 1. The molecule has 5 nitrogen and oxygen atoms in total. The molecule has 0 bridgehead atoms. The van der Waals surface area contributed by atoms with Crippen molar-refractivity contribution in [2.45, 2.75) is 40.0 Å². The number of carbonyl (C=O) groups excluding carboxylic acids is 1. The Bertz CT molecular complexity index is 397. The smallest absolute Gasteiger partial charge is 0.360 e. The lowest BCUT2D eigenvalue weighted by Gasteiger charge is -2.16. The van der Waals surface area contributed by atoms with Crippen LogP contribution in [0.1, 0.15) is 49.7 Å². The highest BCUT2D eigenvalue weighted by Crippen LogP contribution is 2.17. The van der Waals surface area contributed by atoms with Gasteiger partial charge in [-0.25, -0.2) is 9.78 Å². The van der Waals surface area contributed by atoms with Crippen LogP contribution in [-0.2, 0) is 10.2 Å². The number of ether oxygens (including phenoxy) is 1. The van der Waals surface area contributed by atoms with Crippen molar-refractivity contribution >= 4 is 5.97 Å². The van der Waals surface area contributed by atoms with Gasteiger partial charge >= 0.3 is 5.97 Å². The van der Waals surface area contributed by atoms with E-state index in [1.54, 1.807) is 13.8 Å². The first-order chi connectivity index (χ1) is 7.36. The molecule has 0 amide bonds. The van der Waals surface area contributed by atoms with Gasteiger partial charge in [0.2, 0.25) is 0 Å². The Morgan fingerprint density at radius 2 is 1.94 bits per heavy atom. The van der Waals surface area contributed by atoms with Crippen molar-refractivity contribution in [3.05, 3.63) is 17.2 Å². The fourth-order valence-corrected chi connectivity index (χ4v) is 1.11. The minimum Gasteiger partial charge on any atom is -0.461 e. The number of rotatable bonds is 2. The first-order valence-electron chi connectivity index (χ1n) is 5.25. The van der Waals surface area contributed by atoms with Crippen molar-refractivity contribution in [3.8, 4) is 0 Å². The zero-order valence-electron chi connectivity index (χ0n) is 10.4. The molecule has 0 unspecified atom stereocenters. The molecule has 0 radical (unpaired) electrons. The molecule has 0 aliphatic rings. The molecule has 0 atom stereocenters. The zero-order valence-corrected chi connectivity index (χ0v) is 10.4. The summed E-state index contributed by atoms with van der Waals surface area (Å²) < 4.78 is 4.85. The summed E-state index contributed by atoms with van der Waals surface area (Å²) >= 11 is 0. The summed E-state index contributed by atoms with van der Waals surface area (Å²) in [5.74, 6) is 0.151. The topological polar surface area (TPSA) is 65.0 Å². The average Bonchev–Trinajstić information content (AvgIpc) is 2.16. The van der Waals surface area contributed by atoms with Crippen molar-refractivity contribution in [1.82, 2.24) is 15.2 Å². The number of esters is 1. The highest BCUT2D eigenvalue weighted by atomic mass is 16.5. The molecule has 1 rings (SSSR count). The van der Waals surface area contributed by atoms with E-state index in [2.05, 4.69) is 15.2 Å². The summed E-state index contributed by atoms with van der Waals surface area (Å²) in [6.45, 7) is 9.78. The Labute approximate surface area is 95.3 Å². The van der Waals surface area contributed by atoms with Crippen LogP contribution in [0.25, 0.3) is 0 Å². The SMILES string of the molecule is CCOC(=O)c1nnc(C(C)(C)C)nc1C. The van der Waals surface area contributed by atoms with Crippen LogP contribution < -0.4 is 0 Å². The summed E-state index contributed by atoms with van der Waals surface area (Å²) in [7, 11) is 0. The van der Waals surface area contributed by atoms with E-state index < -0.39 is 5.97 Å². The van der Waals surface area contributed by atoms with Gasteiger partial charge in [0.15, 0.2) is 11.5 Å². The lowest BCUT2D eigenvalue weighted by Crippen LogP contribution is -2.20. The van der Waals surface area contributed by atoms with E-state index >= 15 is 0 Å². The van der Waals surface area contributed by atoms with E-state index in [0.29, 0.717) is 18.1 Å². The molecule has 1 aromatic heterocycles. The summed E-state index contributed by atoms with van der Waals surface area (Å²) in [5, 5.41) is 7.83. The van der Waals surface area contributed by atoms with E-state index in [1.165, 1.54) is 0 Å². The molecule has 0 saturated carbocycles. The van der Waals surface area contributed by atoms with Crippen LogP contribution in [0, 0.1) is 6.92 Å². The van der Waals surface area contributed by atoms with Crippen LogP contribution in [0.2, 0.25) is 0 Å². The predicted octanol–water partition coefficient (Wildman–Crippen LogP) is 1.65. The van der Waals surface area contributed by atoms with Gasteiger partial charge in [0.25, 0.3) is 0 Å². The molecule has 0 fully saturated rings. The molecule has 0 aliphatic carbocycles. The fourth-order valence-electron chi connectivity index (χ4n) is 1.11. The third-order valence-electron chi connectivity index (χ3n) is 2.00. The third kappa shape index (κ3) is 2.74. The van der Waals surface area contributed by atoms with E-state index in [4.69, 9.17) is 4.74 Å². The Hall–Kier alpha value is -1.52. The maximum Gasteiger partial charge on any atom is 0.360 e. The van der Waals surface area contributed by atoms with Gasteiger partial charge in [-0.2, -0.15) is 0 Å². The minimum absolute atomic E-state index is 0.176. The first kappa shape index (κ1) is 12.5. The minimum atomic E-state index is -0.472. The second-order valence-electron chi connectivity index (χ2n) is 4.54. The average molecular weight is 223 g/mol. The van der Waals surface area contributed by atoms with Gasteiger partial charge in [-0.1, -0.05) is 20.8 Å². The Morgan fingerprint density at radius 3 is 2.38 bits per heavy atom. The number of hydrogen-bond acceptors (Lipinski definition) is 5. The molecular formula is C11H17N3O2. The van der Waals surface area contributed by atoms with Gasteiger partial charge in [0.05, 0.1) is 12.3 Å². The van der Waals surface area contributed by atoms with Gasteiger partial charge in [-0.15, -0.1) is 10.2 Å². The Kier molecular flexibility index (Phi) is 3.57. The standard InChI is InChI=1S/C11H17N3O2/c1-6-16-9(15)8-7(2)12-10(14-13-8)11(3,4)5/h6H2,1-5H3. The summed E-state index contributed by atoms with van der Waals surface area (Å²) in [5.41, 5.74) is 0.568. The molecule has 1 heterocycles. The quantitative estimate of drug-likeness (QED) is 0.713. The van der Waals surface area contributed by atoms with Crippen molar-refractivity contribution in [2.24, 2.45) is 0 Å². The van der Waals surface area contributed by atoms with E-state index in [1.807, 2.05) is 20.8 Å². The maximum atomic E-state index is 11.5. The van der Waals surface area contributed by atoms with E-state index in [-0.39, 0.29) is 11.1 Å². The highest BCUT2D eigenvalue weighted by molar-refractivity contribution is 5.88. The Morgan fingerprint density at radius 1 is 1.31 bits per heavy atom. The predicted molar refractivity (Wildman–Crippen MR) is 59.2 cm³/mol. The largest absolute Gasteiger partial charge is 0.461 e. The fraction of sp³-hybridized carbons (Fsp3) is 0.636. The van der Waals surface area contributed by atoms with Gasteiger partial charge in [-0.3, -0.25) is 0 Å². The number of aromatic nitrogens is 3. The highest BCUT2D eigenvalue weighted by Gasteiger charge is 2.21. The molecule has 5 heteroatoms.